The van der Waals surface area contributed by atoms with Crippen molar-refractivity contribution in [3.8, 4) is 16.9 Å². The molecule has 0 saturated carbocycles. The van der Waals surface area contributed by atoms with E-state index < -0.39 is 5.56 Å². The van der Waals surface area contributed by atoms with Crippen LogP contribution in [-0.2, 0) is 6.42 Å². The Bertz CT molecular complexity index is 1840. The maximum absolute atomic E-state index is 13.3. The molecule has 36 heavy (non-hydrogen) atoms. The van der Waals surface area contributed by atoms with Gasteiger partial charge in [0.05, 0.1) is 15.9 Å². The lowest BCUT2D eigenvalue weighted by Crippen LogP contribution is -2.28. The van der Waals surface area contributed by atoms with E-state index in [1.807, 2.05) is 97.2 Å². The molecule has 0 radical (unpaired) electrons. The van der Waals surface area contributed by atoms with Gasteiger partial charge in [-0.3, -0.25) is 9.59 Å². The second-order valence-electron chi connectivity index (χ2n) is 8.22. The minimum atomic E-state index is -0.423. The molecule has 0 amide bonds. The van der Waals surface area contributed by atoms with Crippen molar-refractivity contribution in [2.45, 2.75) is 6.42 Å². The zero-order valence-electron chi connectivity index (χ0n) is 19.0. The number of para-hydroxylation sites is 1. The molecule has 8 heteroatoms. The molecule has 0 aliphatic carbocycles. The molecule has 0 saturated heterocycles. The summed E-state index contributed by atoms with van der Waals surface area (Å²) in [6, 6.07) is 29.1. The zero-order valence-corrected chi connectivity index (χ0v) is 19.8. The smallest absolute Gasteiger partial charge is 0.266 e. The lowest BCUT2D eigenvalue weighted by Gasteiger charge is -2.00. The van der Waals surface area contributed by atoms with Crippen LogP contribution in [0.4, 0.5) is 0 Å². The van der Waals surface area contributed by atoms with Crippen LogP contribution in [0, 0.1) is 0 Å². The minimum Gasteiger partial charge on any atom is -0.266 e. The molecule has 0 fully saturated rings. The number of hydrogen-bond donors (Lipinski definition) is 0. The predicted molar refractivity (Wildman–Crippen MR) is 140 cm³/mol. The molecule has 7 nitrogen and oxygen atoms in total. The van der Waals surface area contributed by atoms with E-state index in [9.17, 15) is 9.59 Å². The third kappa shape index (κ3) is 4.14. The molecule has 0 aliphatic heterocycles. The number of benzene rings is 3. The molecule has 3 heterocycles. The highest BCUT2D eigenvalue weighted by molar-refractivity contribution is 7.15. The predicted octanol–water partition coefficient (Wildman–Crippen LogP) is 3.50. The van der Waals surface area contributed by atoms with Crippen molar-refractivity contribution in [3.05, 3.63) is 139 Å². The van der Waals surface area contributed by atoms with E-state index in [1.165, 1.54) is 4.52 Å². The highest BCUT2D eigenvalue weighted by Crippen LogP contribution is 2.24. The first kappa shape index (κ1) is 21.8. The van der Waals surface area contributed by atoms with Crippen molar-refractivity contribution in [1.82, 2.24) is 24.4 Å². The molecule has 3 aromatic heterocycles. The largest absolute Gasteiger partial charge is 0.296 e. The molecule has 174 valence electrons. The zero-order chi connectivity index (χ0) is 24.5. The van der Waals surface area contributed by atoms with Crippen molar-refractivity contribution in [3.63, 3.8) is 0 Å². The van der Waals surface area contributed by atoms with Crippen molar-refractivity contribution in [2.75, 3.05) is 0 Å². The Morgan fingerprint density at radius 1 is 0.806 bits per heavy atom. The van der Waals surface area contributed by atoms with Gasteiger partial charge in [-0.25, -0.2) is 4.68 Å². The molecule has 0 atom stereocenters. The number of hydrogen-bond acceptors (Lipinski definition) is 6. The van der Waals surface area contributed by atoms with Crippen LogP contribution < -0.4 is 15.7 Å². The number of nitrogens with zero attached hydrogens (tertiary/aromatic N) is 5. The third-order valence-electron chi connectivity index (χ3n) is 5.76. The molecule has 6 rings (SSSR count). The van der Waals surface area contributed by atoms with Crippen molar-refractivity contribution in [1.29, 1.82) is 0 Å². The summed E-state index contributed by atoms with van der Waals surface area (Å²) < 4.78 is 3.44. The standard InChI is InChI=1S/C28H19N5O2S/c34-26-23(16-19-10-4-1-5-11-19)30-33-27(35)24(36-28(33)29-26)17-21-18-32(22-14-8-3-9-15-22)31-25(21)20-12-6-2-7-13-20/h1-15,17-18H,16H2. The first-order valence-electron chi connectivity index (χ1n) is 11.3. The Kier molecular flexibility index (Phi) is 5.55. The van der Waals surface area contributed by atoms with Crippen LogP contribution in [0.25, 0.3) is 28.0 Å². The Labute approximate surface area is 209 Å². The number of thiazole rings is 1. The summed E-state index contributed by atoms with van der Waals surface area (Å²) in [6.45, 7) is 0. The summed E-state index contributed by atoms with van der Waals surface area (Å²) >= 11 is 1.14. The second kappa shape index (κ2) is 9.16. The van der Waals surface area contributed by atoms with E-state index in [2.05, 4.69) is 10.1 Å². The summed E-state index contributed by atoms with van der Waals surface area (Å²) in [5.41, 5.74) is 3.80. The fraction of sp³-hybridized carbons (Fsp3) is 0.0357. The first-order valence-corrected chi connectivity index (χ1v) is 12.2. The van der Waals surface area contributed by atoms with Crippen LogP contribution in [0.3, 0.4) is 0 Å². The van der Waals surface area contributed by atoms with Crippen LogP contribution in [0.2, 0.25) is 0 Å². The monoisotopic (exact) mass is 489 g/mol. The van der Waals surface area contributed by atoms with E-state index in [1.54, 1.807) is 10.8 Å². The van der Waals surface area contributed by atoms with E-state index in [-0.39, 0.29) is 16.2 Å². The van der Waals surface area contributed by atoms with E-state index in [4.69, 9.17) is 5.10 Å². The van der Waals surface area contributed by atoms with Gasteiger partial charge in [-0.1, -0.05) is 90.2 Å². The Hall–Kier alpha value is -4.69. The van der Waals surface area contributed by atoms with Crippen molar-refractivity contribution < 1.29 is 0 Å². The summed E-state index contributed by atoms with van der Waals surface area (Å²) in [4.78, 5) is 30.3. The highest BCUT2D eigenvalue weighted by Gasteiger charge is 2.14. The van der Waals surface area contributed by atoms with Crippen LogP contribution in [0.15, 0.2) is 107 Å². The fourth-order valence-corrected chi connectivity index (χ4v) is 4.90. The maximum Gasteiger partial charge on any atom is 0.296 e. The molecule has 0 unspecified atom stereocenters. The summed E-state index contributed by atoms with van der Waals surface area (Å²) in [7, 11) is 0. The second-order valence-corrected chi connectivity index (χ2v) is 9.22. The van der Waals surface area contributed by atoms with Crippen LogP contribution >= 0.6 is 11.3 Å². The normalized spacial score (nSPS) is 11.8. The van der Waals surface area contributed by atoms with Crippen molar-refractivity contribution in [2.24, 2.45) is 0 Å². The van der Waals surface area contributed by atoms with Crippen molar-refractivity contribution >= 4 is 22.4 Å². The van der Waals surface area contributed by atoms with E-state index in [0.717, 1.165) is 39.4 Å². The first-order chi connectivity index (χ1) is 17.7. The topological polar surface area (TPSA) is 82.1 Å². The van der Waals surface area contributed by atoms with Gasteiger partial charge >= 0.3 is 0 Å². The van der Waals surface area contributed by atoms with Crippen LogP contribution in [0.1, 0.15) is 16.8 Å². The Morgan fingerprint density at radius 2 is 1.47 bits per heavy atom. The molecule has 0 N–H and O–H groups in total. The quantitative estimate of drug-likeness (QED) is 0.370. The summed E-state index contributed by atoms with van der Waals surface area (Å²) in [5, 5.41) is 9.17. The van der Waals surface area contributed by atoms with Gasteiger partial charge in [0.1, 0.15) is 5.69 Å². The molecule has 0 bridgehead atoms. The number of rotatable bonds is 5. The summed E-state index contributed by atoms with van der Waals surface area (Å²) in [6.07, 6.45) is 4.00. The number of fused-ring (bicyclic) bond motifs is 1. The SMILES string of the molecule is O=c1nc2sc(=Cc3cn(-c4ccccc4)nc3-c3ccccc3)c(=O)n2nc1Cc1ccccc1. The molecule has 0 aliphatic rings. The van der Waals surface area contributed by atoms with Crippen LogP contribution in [0.5, 0.6) is 0 Å². The minimum absolute atomic E-state index is 0.238. The summed E-state index contributed by atoms with van der Waals surface area (Å²) in [5.74, 6) is 0. The molecule has 3 aromatic carbocycles. The molecular formula is C28H19N5O2S. The Morgan fingerprint density at radius 3 is 2.19 bits per heavy atom. The molecule has 0 spiro atoms. The average molecular weight is 490 g/mol. The van der Waals surface area contributed by atoms with Gasteiger partial charge < -0.3 is 0 Å². The van der Waals surface area contributed by atoms with E-state index in [0.29, 0.717) is 11.0 Å². The van der Waals surface area contributed by atoms with Gasteiger partial charge in [-0.05, 0) is 23.8 Å². The van der Waals surface area contributed by atoms with Crippen LogP contribution in [-0.4, -0.2) is 24.4 Å². The van der Waals surface area contributed by atoms with Gasteiger partial charge in [0.25, 0.3) is 11.1 Å². The lowest BCUT2D eigenvalue weighted by molar-refractivity contribution is 0.811. The van der Waals surface area contributed by atoms with Gasteiger partial charge in [0.15, 0.2) is 0 Å². The lowest BCUT2D eigenvalue weighted by atomic mass is 10.1. The van der Waals surface area contributed by atoms with Gasteiger partial charge in [-0.2, -0.15) is 19.7 Å². The molecule has 6 aromatic rings. The fourth-order valence-electron chi connectivity index (χ4n) is 4.01. The van der Waals surface area contributed by atoms with Gasteiger partial charge in [-0.15, -0.1) is 0 Å². The van der Waals surface area contributed by atoms with Gasteiger partial charge in [0, 0.05) is 23.7 Å². The number of aromatic nitrogens is 5. The Balaban J connectivity index is 1.49. The van der Waals surface area contributed by atoms with Gasteiger partial charge in [0.2, 0.25) is 4.96 Å². The van der Waals surface area contributed by atoms with E-state index >= 15 is 0 Å². The maximum atomic E-state index is 13.3. The molecular weight excluding hydrogens is 470 g/mol. The third-order valence-corrected chi connectivity index (χ3v) is 6.72. The highest BCUT2D eigenvalue weighted by atomic mass is 32.1. The average Bonchev–Trinajstić information content (AvgIpc) is 3.47.